The van der Waals surface area contributed by atoms with Crippen LogP contribution in [0, 0.1) is 0 Å². The molecule has 0 spiro atoms. The van der Waals surface area contributed by atoms with Crippen molar-refractivity contribution in [3.05, 3.63) is 48.5 Å². The van der Waals surface area contributed by atoms with E-state index in [-0.39, 0.29) is 6.54 Å². The highest BCUT2D eigenvalue weighted by molar-refractivity contribution is 6.01. The zero-order chi connectivity index (χ0) is 19.8. The number of ether oxygens (including phenoxy) is 3. The Hall–Kier alpha value is -3.26. The van der Waals surface area contributed by atoms with Gasteiger partial charge in [-0.1, -0.05) is 18.2 Å². The Kier molecular flexibility index (Phi) is 6.69. The van der Waals surface area contributed by atoms with Crippen molar-refractivity contribution in [3.8, 4) is 17.2 Å². The van der Waals surface area contributed by atoms with Gasteiger partial charge in [0, 0.05) is 18.3 Å². The van der Waals surface area contributed by atoms with Crippen LogP contribution >= 0.6 is 0 Å². The zero-order valence-corrected chi connectivity index (χ0v) is 15.6. The molecule has 0 aliphatic carbocycles. The number of likely N-dealkylation sites (N-methyl/N-ethyl adjacent to an activating group) is 1. The van der Waals surface area contributed by atoms with Crippen LogP contribution in [0.3, 0.4) is 0 Å². The molecule has 2 N–H and O–H groups in total. The normalized spacial score (nSPS) is 12.4. The van der Waals surface area contributed by atoms with Crippen molar-refractivity contribution in [2.45, 2.75) is 0 Å². The minimum absolute atomic E-state index is 0.0761. The van der Waals surface area contributed by atoms with Crippen molar-refractivity contribution in [1.29, 1.82) is 0 Å². The molecule has 3 amide bonds. The van der Waals surface area contributed by atoms with E-state index >= 15 is 0 Å². The number of nitrogens with zero attached hydrogens (tertiary/aromatic N) is 1. The van der Waals surface area contributed by atoms with Crippen LogP contribution in [0.2, 0.25) is 0 Å². The molecule has 0 saturated carbocycles. The average molecular weight is 385 g/mol. The fraction of sp³-hybridized carbons (Fsp3) is 0.300. The van der Waals surface area contributed by atoms with Crippen molar-refractivity contribution < 1.29 is 23.8 Å². The summed E-state index contributed by atoms with van der Waals surface area (Å²) >= 11 is 0. The second-order valence-corrected chi connectivity index (χ2v) is 6.26. The minimum atomic E-state index is -0.601. The van der Waals surface area contributed by atoms with Crippen LogP contribution in [0.4, 0.5) is 10.5 Å². The molecule has 2 aromatic rings. The fourth-order valence-electron chi connectivity index (χ4n) is 2.61. The summed E-state index contributed by atoms with van der Waals surface area (Å²) in [5.74, 6) is 1.57. The molecule has 148 valence electrons. The van der Waals surface area contributed by atoms with Crippen molar-refractivity contribution >= 4 is 17.6 Å². The van der Waals surface area contributed by atoms with Gasteiger partial charge < -0.3 is 19.5 Å². The number of hydrogen-bond acceptors (Lipinski definition) is 6. The van der Waals surface area contributed by atoms with E-state index in [1.54, 1.807) is 30.1 Å². The summed E-state index contributed by atoms with van der Waals surface area (Å²) in [5, 5.41) is 4.92. The van der Waals surface area contributed by atoms with E-state index in [9.17, 15) is 9.59 Å². The first-order chi connectivity index (χ1) is 13.6. The standard InChI is InChI=1S/C20H23N3O5/c1-23(9-10-26-16-5-3-2-4-6-16)14-19(24)22-20(25)21-15-7-8-17-18(13-15)28-12-11-27-17/h2-8,13H,9-12,14H2,1H3,(H2,21,22,24,25). The Morgan fingerprint density at radius 3 is 2.61 bits per heavy atom. The van der Waals surface area contributed by atoms with Crippen molar-refractivity contribution in [1.82, 2.24) is 10.2 Å². The predicted molar refractivity (Wildman–Crippen MR) is 104 cm³/mol. The largest absolute Gasteiger partial charge is 0.492 e. The summed E-state index contributed by atoms with van der Waals surface area (Å²) in [6, 6.07) is 13.9. The number of benzene rings is 2. The van der Waals surface area contributed by atoms with Gasteiger partial charge in [-0.3, -0.25) is 15.0 Å². The molecule has 3 rings (SSSR count). The number of para-hydroxylation sites is 1. The molecule has 0 atom stereocenters. The lowest BCUT2D eigenvalue weighted by molar-refractivity contribution is -0.120. The van der Waals surface area contributed by atoms with E-state index in [0.717, 1.165) is 5.75 Å². The van der Waals surface area contributed by atoms with Crippen LogP contribution < -0.4 is 24.8 Å². The number of anilines is 1. The first kappa shape index (κ1) is 19.5. The first-order valence-electron chi connectivity index (χ1n) is 8.97. The van der Waals surface area contributed by atoms with Gasteiger partial charge in [0.2, 0.25) is 5.91 Å². The van der Waals surface area contributed by atoms with Crippen LogP contribution in [0.5, 0.6) is 17.2 Å². The molecule has 0 fully saturated rings. The number of hydrogen-bond donors (Lipinski definition) is 2. The van der Waals surface area contributed by atoms with Crippen LogP contribution in [0.15, 0.2) is 48.5 Å². The minimum Gasteiger partial charge on any atom is -0.492 e. The van der Waals surface area contributed by atoms with Gasteiger partial charge in [-0.05, 0) is 31.3 Å². The van der Waals surface area contributed by atoms with Gasteiger partial charge in [0.15, 0.2) is 11.5 Å². The zero-order valence-electron chi connectivity index (χ0n) is 15.6. The maximum atomic E-state index is 12.0. The molecular formula is C20H23N3O5. The van der Waals surface area contributed by atoms with E-state index in [1.165, 1.54) is 0 Å². The smallest absolute Gasteiger partial charge is 0.325 e. The highest BCUT2D eigenvalue weighted by Crippen LogP contribution is 2.32. The van der Waals surface area contributed by atoms with Gasteiger partial charge in [-0.25, -0.2) is 4.79 Å². The topological polar surface area (TPSA) is 89.1 Å². The summed E-state index contributed by atoms with van der Waals surface area (Å²) in [7, 11) is 1.78. The van der Waals surface area contributed by atoms with Crippen LogP contribution in [0.25, 0.3) is 0 Å². The molecule has 28 heavy (non-hydrogen) atoms. The number of urea groups is 1. The van der Waals surface area contributed by atoms with Gasteiger partial charge in [0.05, 0.1) is 6.54 Å². The number of carbonyl (C=O) groups is 2. The number of rotatable bonds is 7. The molecule has 0 aromatic heterocycles. The second-order valence-electron chi connectivity index (χ2n) is 6.26. The lowest BCUT2D eigenvalue weighted by atomic mass is 10.2. The van der Waals surface area contributed by atoms with Gasteiger partial charge >= 0.3 is 6.03 Å². The number of nitrogens with one attached hydrogen (secondary N) is 2. The van der Waals surface area contributed by atoms with E-state index in [0.29, 0.717) is 43.6 Å². The highest BCUT2D eigenvalue weighted by atomic mass is 16.6. The quantitative estimate of drug-likeness (QED) is 0.759. The van der Waals surface area contributed by atoms with Gasteiger partial charge in [0.1, 0.15) is 25.6 Å². The molecule has 1 aliphatic rings. The lowest BCUT2D eigenvalue weighted by Crippen LogP contribution is -2.41. The Labute approximate surface area is 163 Å². The Morgan fingerprint density at radius 1 is 1.07 bits per heavy atom. The fourth-order valence-corrected chi connectivity index (χ4v) is 2.61. The summed E-state index contributed by atoms with van der Waals surface area (Å²) in [6.07, 6.45) is 0. The Balaban J connectivity index is 1.38. The highest BCUT2D eigenvalue weighted by Gasteiger charge is 2.14. The van der Waals surface area contributed by atoms with Crippen molar-refractivity contribution in [2.24, 2.45) is 0 Å². The molecule has 1 heterocycles. The first-order valence-corrected chi connectivity index (χ1v) is 8.97. The summed E-state index contributed by atoms with van der Waals surface area (Å²) in [5.41, 5.74) is 0.513. The Morgan fingerprint density at radius 2 is 1.82 bits per heavy atom. The van der Waals surface area contributed by atoms with Crippen LogP contribution in [-0.4, -0.2) is 56.8 Å². The van der Waals surface area contributed by atoms with Crippen LogP contribution in [-0.2, 0) is 4.79 Å². The van der Waals surface area contributed by atoms with Crippen LogP contribution in [0.1, 0.15) is 0 Å². The summed E-state index contributed by atoms with van der Waals surface area (Å²) < 4.78 is 16.5. The molecule has 0 bridgehead atoms. The molecule has 8 nitrogen and oxygen atoms in total. The number of imide groups is 1. The van der Waals surface area contributed by atoms with E-state index < -0.39 is 11.9 Å². The third kappa shape index (κ3) is 5.88. The molecule has 0 saturated heterocycles. The SMILES string of the molecule is CN(CCOc1ccccc1)CC(=O)NC(=O)Nc1ccc2c(c1)OCCO2. The lowest BCUT2D eigenvalue weighted by Gasteiger charge is -2.19. The number of fused-ring (bicyclic) bond motifs is 1. The third-order valence-electron chi connectivity index (χ3n) is 3.95. The Bertz CT molecular complexity index is 813. The molecular weight excluding hydrogens is 362 g/mol. The summed E-state index contributed by atoms with van der Waals surface area (Å²) in [6.45, 7) is 2.02. The maximum Gasteiger partial charge on any atom is 0.325 e. The average Bonchev–Trinajstić information content (AvgIpc) is 2.68. The van der Waals surface area contributed by atoms with E-state index in [2.05, 4.69) is 10.6 Å². The second kappa shape index (κ2) is 9.61. The van der Waals surface area contributed by atoms with Crippen molar-refractivity contribution in [2.75, 3.05) is 45.3 Å². The monoisotopic (exact) mass is 385 g/mol. The molecule has 0 radical (unpaired) electrons. The number of carbonyl (C=O) groups excluding carboxylic acids is 2. The summed E-state index contributed by atoms with van der Waals surface area (Å²) in [4.78, 5) is 25.8. The molecule has 1 aliphatic heterocycles. The van der Waals surface area contributed by atoms with E-state index in [1.807, 2.05) is 30.3 Å². The van der Waals surface area contributed by atoms with E-state index in [4.69, 9.17) is 14.2 Å². The molecule has 2 aromatic carbocycles. The van der Waals surface area contributed by atoms with Crippen molar-refractivity contribution in [3.63, 3.8) is 0 Å². The number of amides is 3. The molecule has 8 heteroatoms. The maximum absolute atomic E-state index is 12.0. The third-order valence-corrected chi connectivity index (χ3v) is 3.95. The predicted octanol–water partition coefficient (Wildman–Crippen LogP) is 2.12. The van der Waals surface area contributed by atoms with Gasteiger partial charge in [-0.2, -0.15) is 0 Å². The van der Waals surface area contributed by atoms with Gasteiger partial charge in [0.25, 0.3) is 0 Å². The molecule has 0 unspecified atom stereocenters. The van der Waals surface area contributed by atoms with Gasteiger partial charge in [-0.15, -0.1) is 0 Å².